The van der Waals surface area contributed by atoms with Crippen LogP contribution >= 0.6 is 0 Å². The number of hydrogen-bond acceptors (Lipinski definition) is 3. The minimum Gasteiger partial charge on any atom is -0.358 e. The molecule has 1 heterocycles. The van der Waals surface area contributed by atoms with E-state index < -0.39 is 0 Å². The van der Waals surface area contributed by atoms with Crippen molar-refractivity contribution in [2.75, 3.05) is 18.5 Å². The zero-order valence-corrected chi connectivity index (χ0v) is 10.7. The molecule has 1 aliphatic heterocycles. The zero-order valence-electron chi connectivity index (χ0n) is 10.7. The fourth-order valence-electron chi connectivity index (χ4n) is 2.60. The van der Waals surface area contributed by atoms with Gasteiger partial charge in [0.05, 0.1) is 11.3 Å². The summed E-state index contributed by atoms with van der Waals surface area (Å²) in [6.45, 7) is 2.81. The van der Waals surface area contributed by atoms with Crippen molar-refractivity contribution in [1.82, 2.24) is 5.32 Å². The Bertz CT molecular complexity index is 504. The highest BCUT2D eigenvalue weighted by atomic mass is 16.2. The molecule has 4 heteroatoms. The number of para-hydroxylation sites is 1. The third-order valence-corrected chi connectivity index (χ3v) is 3.45. The largest absolute Gasteiger partial charge is 0.358 e. The van der Waals surface area contributed by atoms with Crippen LogP contribution in [0.5, 0.6) is 0 Å². The third-order valence-electron chi connectivity index (χ3n) is 3.45. The molecule has 0 saturated carbocycles. The second-order valence-corrected chi connectivity index (χ2v) is 4.55. The Morgan fingerprint density at radius 2 is 2.33 bits per heavy atom. The van der Waals surface area contributed by atoms with E-state index in [2.05, 4.69) is 16.3 Å². The molecule has 1 N–H and O–H groups in total. The molecule has 1 amide bonds. The van der Waals surface area contributed by atoms with E-state index >= 15 is 0 Å². The Labute approximate surface area is 107 Å². The van der Waals surface area contributed by atoms with Crippen molar-refractivity contribution in [1.29, 1.82) is 5.26 Å². The number of nitrogens with one attached hydrogen (secondary N) is 1. The molecule has 1 fully saturated rings. The molecule has 0 aromatic heterocycles. The van der Waals surface area contributed by atoms with E-state index in [-0.39, 0.29) is 11.9 Å². The molecule has 1 aliphatic rings. The Morgan fingerprint density at radius 1 is 1.56 bits per heavy atom. The molecule has 0 aliphatic carbocycles. The Morgan fingerprint density at radius 3 is 3.00 bits per heavy atom. The van der Waals surface area contributed by atoms with E-state index in [9.17, 15) is 10.1 Å². The van der Waals surface area contributed by atoms with Crippen LogP contribution in [0.15, 0.2) is 18.2 Å². The van der Waals surface area contributed by atoms with Crippen molar-refractivity contribution in [3.8, 4) is 6.07 Å². The fraction of sp³-hybridized carbons (Fsp3) is 0.429. The average molecular weight is 243 g/mol. The molecule has 2 rings (SSSR count). The van der Waals surface area contributed by atoms with Crippen LogP contribution in [-0.2, 0) is 4.79 Å². The molecular formula is C14H17N3O. The van der Waals surface area contributed by atoms with Crippen molar-refractivity contribution in [2.24, 2.45) is 0 Å². The Balaban J connectivity index is 2.42. The van der Waals surface area contributed by atoms with Gasteiger partial charge in [0.2, 0.25) is 5.91 Å². The zero-order chi connectivity index (χ0) is 13.1. The summed E-state index contributed by atoms with van der Waals surface area (Å²) < 4.78 is 0. The number of amides is 1. The second kappa shape index (κ2) is 5.09. The number of anilines is 1. The Hall–Kier alpha value is -2.02. The molecule has 0 radical (unpaired) electrons. The molecule has 4 nitrogen and oxygen atoms in total. The van der Waals surface area contributed by atoms with Gasteiger partial charge in [0.15, 0.2) is 0 Å². The van der Waals surface area contributed by atoms with Crippen LogP contribution in [0.2, 0.25) is 0 Å². The van der Waals surface area contributed by atoms with Gasteiger partial charge in [-0.05, 0) is 31.4 Å². The van der Waals surface area contributed by atoms with E-state index in [1.54, 1.807) is 7.05 Å². The van der Waals surface area contributed by atoms with Crippen molar-refractivity contribution >= 4 is 11.6 Å². The van der Waals surface area contributed by atoms with E-state index in [4.69, 9.17) is 0 Å². The molecule has 1 aromatic rings. The number of carbonyl (C=O) groups is 1. The lowest BCUT2D eigenvalue weighted by molar-refractivity contribution is -0.121. The molecule has 1 saturated heterocycles. The summed E-state index contributed by atoms with van der Waals surface area (Å²) in [6.07, 6.45) is 1.83. The number of carbonyl (C=O) groups excluding carboxylic acids is 1. The lowest BCUT2D eigenvalue weighted by Gasteiger charge is -2.27. The van der Waals surface area contributed by atoms with Crippen molar-refractivity contribution in [3.05, 3.63) is 29.3 Å². The highest BCUT2D eigenvalue weighted by Crippen LogP contribution is 2.31. The van der Waals surface area contributed by atoms with Crippen LogP contribution in [0.4, 0.5) is 5.69 Å². The number of benzene rings is 1. The highest BCUT2D eigenvalue weighted by Gasteiger charge is 2.32. The molecule has 94 valence electrons. The summed E-state index contributed by atoms with van der Waals surface area (Å²) in [5, 5.41) is 11.9. The molecule has 0 spiro atoms. The van der Waals surface area contributed by atoms with Crippen molar-refractivity contribution < 1.29 is 4.79 Å². The molecule has 1 atom stereocenters. The number of nitriles is 1. The monoisotopic (exact) mass is 243 g/mol. The minimum atomic E-state index is -0.150. The topological polar surface area (TPSA) is 56.1 Å². The van der Waals surface area contributed by atoms with Crippen molar-refractivity contribution in [3.63, 3.8) is 0 Å². The summed E-state index contributed by atoms with van der Waals surface area (Å²) in [5.74, 6) is 0.0274. The van der Waals surface area contributed by atoms with Gasteiger partial charge in [0.1, 0.15) is 12.1 Å². The molecule has 1 aromatic carbocycles. The van der Waals surface area contributed by atoms with E-state index in [0.717, 1.165) is 30.6 Å². The third kappa shape index (κ3) is 2.04. The normalized spacial score (nSPS) is 18.5. The van der Waals surface area contributed by atoms with Gasteiger partial charge in [-0.15, -0.1) is 0 Å². The standard InChI is InChI=1S/C14H17N3O/c1-10-5-3-6-11(9-15)13(10)17-8-4-7-12(17)14(18)16-2/h3,5-6,12H,4,7-8H2,1-2H3,(H,16,18). The minimum absolute atomic E-state index is 0.0274. The summed E-state index contributed by atoms with van der Waals surface area (Å²) in [5.41, 5.74) is 2.60. The van der Waals surface area contributed by atoms with Gasteiger partial charge in [0, 0.05) is 13.6 Å². The van der Waals surface area contributed by atoms with Gasteiger partial charge >= 0.3 is 0 Å². The van der Waals surface area contributed by atoms with Crippen LogP contribution in [-0.4, -0.2) is 25.5 Å². The van der Waals surface area contributed by atoms with E-state index in [1.807, 2.05) is 25.1 Å². The number of hydrogen-bond donors (Lipinski definition) is 1. The highest BCUT2D eigenvalue weighted by molar-refractivity contribution is 5.86. The first-order chi connectivity index (χ1) is 8.69. The molecule has 1 unspecified atom stereocenters. The van der Waals surface area contributed by atoms with E-state index in [1.165, 1.54) is 0 Å². The van der Waals surface area contributed by atoms with Gasteiger partial charge < -0.3 is 10.2 Å². The lowest BCUT2D eigenvalue weighted by atomic mass is 10.1. The SMILES string of the molecule is CNC(=O)C1CCCN1c1c(C)cccc1C#N. The van der Waals surface area contributed by atoms with Crippen LogP contribution in [0.3, 0.4) is 0 Å². The Kier molecular flexibility index (Phi) is 3.52. The fourth-order valence-corrected chi connectivity index (χ4v) is 2.60. The lowest BCUT2D eigenvalue weighted by Crippen LogP contribution is -2.42. The second-order valence-electron chi connectivity index (χ2n) is 4.55. The van der Waals surface area contributed by atoms with Crippen LogP contribution in [0, 0.1) is 18.3 Å². The number of rotatable bonds is 2. The summed E-state index contributed by atoms with van der Waals surface area (Å²) >= 11 is 0. The maximum atomic E-state index is 11.9. The quantitative estimate of drug-likeness (QED) is 0.858. The molecule has 0 bridgehead atoms. The van der Waals surface area contributed by atoms with Gasteiger partial charge in [-0.3, -0.25) is 4.79 Å². The summed E-state index contributed by atoms with van der Waals surface area (Å²) in [6, 6.07) is 7.73. The van der Waals surface area contributed by atoms with Gasteiger partial charge in [0.25, 0.3) is 0 Å². The van der Waals surface area contributed by atoms with E-state index in [0.29, 0.717) is 5.56 Å². The first kappa shape index (κ1) is 12.4. The van der Waals surface area contributed by atoms with Crippen LogP contribution in [0.1, 0.15) is 24.0 Å². The predicted molar refractivity (Wildman–Crippen MR) is 70.3 cm³/mol. The number of likely N-dealkylation sites (N-methyl/N-ethyl adjacent to an activating group) is 1. The smallest absolute Gasteiger partial charge is 0.242 e. The van der Waals surface area contributed by atoms with Gasteiger partial charge in [-0.1, -0.05) is 12.1 Å². The first-order valence-electron chi connectivity index (χ1n) is 6.17. The maximum absolute atomic E-state index is 11.9. The first-order valence-corrected chi connectivity index (χ1v) is 6.17. The molecular weight excluding hydrogens is 226 g/mol. The van der Waals surface area contributed by atoms with Crippen LogP contribution < -0.4 is 10.2 Å². The number of aryl methyl sites for hydroxylation is 1. The summed E-state index contributed by atoms with van der Waals surface area (Å²) in [4.78, 5) is 13.9. The predicted octanol–water partition coefficient (Wildman–Crippen LogP) is 1.58. The van der Waals surface area contributed by atoms with Crippen LogP contribution in [0.25, 0.3) is 0 Å². The molecule has 18 heavy (non-hydrogen) atoms. The summed E-state index contributed by atoms with van der Waals surface area (Å²) in [7, 11) is 1.65. The van der Waals surface area contributed by atoms with Crippen molar-refractivity contribution in [2.45, 2.75) is 25.8 Å². The average Bonchev–Trinajstić information content (AvgIpc) is 2.86. The van der Waals surface area contributed by atoms with Gasteiger partial charge in [-0.25, -0.2) is 0 Å². The number of nitrogens with zero attached hydrogens (tertiary/aromatic N) is 2. The van der Waals surface area contributed by atoms with Gasteiger partial charge in [-0.2, -0.15) is 5.26 Å². The maximum Gasteiger partial charge on any atom is 0.242 e.